The first kappa shape index (κ1) is 26.1. The number of fused-ring (bicyclic) bond motifs is 2. The molecule has 6 rings (SSSR count). The summed E-state index contributed by atoms with van der Waals surface area (Å²) >= 11 is 0. The molecule has 1 N–H and O–H groups in total. The minimum Gasteiger partial charge on any atom is -0.508 e. The number of carbonyl (C=O) groups excluding carboxylic acids is 1. The fourth-order valence-corrected chi connectivity index (χ4v) is 6.24. The number of aromatic nitrogens is 2. The van der Waals surface area contributed by atoms with E-state index in [0.29, 0.717) is 45.7 Å². The van der Waals surface area contributed by atoms with Gasteiger partial charge in [-0.05, 0) is 37.9 Å². The SMILES string of the molecule is O=C1c2c(nc(OC[C@@]34CCCN3C[C@H](F)C4)nc2N2CCCOCC2)CN1c1cc(O)ccc1C(F)(F)F. The molecule has 9 nitrogen and oxygen atoms in total. The van der Waals surface area contributed by atoms with Crippen molar-refractivity contribution in [2.75, 3.05) is 55.8 Å². The standard InChI is InChI=1S/C26H29F4N5O4/c27-16-12-25(5-1-7-34(25)13-16)15-39-24-31-19-14-35(20-11-17(36)3-4-18(20)26(28,29)30)23(37)21(19)22(32-24)33-6-2-9-38-10-8-33/h3-4,11,16,36H,1-2,5-10,12-15H2/t16-,25+/m1/s1. The number of anilines is 2. The smallest absolute Gasteiger partial charge is 0.418 e. The van der Waals surface area contributed by atoms with Crippen molar-refractivity contribution >= 4 is 17.4 Å². The van der Waals surface area contributed by atoms with Gasteiger partial charge in [0.05, 0.1) is 35.6 Å². The number of rotatable bonds is 5. The average Bonchev–Trinajstić information content (AvgIpc) is 3.42. The Morgan fingerprint density at radius 2 is 2.00 bits per heavy atom. The van der Waals surface area contributed by atoms with Gasteiger partial charge in [0.1, 0.15) is 29.9 Å². The number of phenols is 1. The van der Waals surface area contributed by atoms with E-state index in [1.807, 2.05) is 4.90 Å². The number of hydrogen-bond acceptors (Lipinski definition) is 8. The second kappa shape index (κ2) is 9.77. The molecule has 3 saturated heterocycles. The average molecular weight is 552 g/mol. The largest absolute Gasteiger partial charge is 0.508 e. The molecule has 1 aromatic carbocycles. The zero-order chi connectivity index (χ0) is 27.4. The number of ether oxygens (including phenoxy) is 2. The van der Waals surface area contributed by atoms with Crippen LogP contribution in [0.4, 0.5) is 29.1 Å². The van der Waals surface area contributed by atoms with Gasteiger partial charge in [-0.2, -0.15) is 23.1 Å². The Bertz CT molecular complexity index is 1270. The van der Waals surface area contributed by atoms with Crippen LogP contribution in [0.5, 0.6) is 11.8 Å². The van der Waals surface area contributed by atoms with Crippen molar-refractivity contribution in [3.63, 3.8) is 0 Å². The van der Waals surface area contributed by atoms with Crippen LogP contribution in [-0.4, -0.2) is 83.6 Å². The summed E-state index contributed by atoms with van der Waals surface area (Å²) in [6.07, 6.45) is -2.91. The van der Waals surface area contributed by atoms with Crippen LogP contribution in [0, 0.1) is 0 Å². The molecule has 4 aliphatic rings. The van der Waals surface area contributed by atoms with Gasteiger partial charge in [0.2, 0.25) is 0 Å². The number of phenolic OH excluding ortho intramolecular Hbond substituents is 1. The first-order valence-corrected chi connectivity index (χ1v) is 13.1. The van der Waals surface area contributed by atoms with E-state index in [1.165, 1.54) is 0 Å². The van der Waals surface area contributed by atoms with Gasteiger partial charge in [-0.15, -0.1) is 0 Å². The third-order valence-electron chi connectivity index (χ3n) is 8.04. The molecule has 3 fully saturated rings. The molecule has 4 aliphatic heterocycles. The number of nitrogens with zero attached hydrogens (tertiary/aromatic N) is 5. The van der Waals surface area contributed by atoms with Crippen LogP contribution in [0.2, 0.25) is 0 Å². The van der Waals surface area contributed by atoms with Crippen molar-refractivity contribution in [2.24, 2.45) is 0 Å². The van der Waals surface area contributed by atoms with Gasteiger partial charge in [-0.1, -0.05) is 0 Å². The Labute approximate surface area is 222 Å². The predicted octanol–water partition coefficient (Wildman–Crippen LogP) is 3.54. The van der Waals surface area contributed by atoms with Crippen molar-refractivity contribution in [1.82, 2.24) is 14.9 Å². The molecule has 39 heavy (non-hydrogen) atoms. The van der Waals surface area contributed by atoms with E-state index in [2.05, 4.69) is 14.9 Å². The maximum atomic E-state index is 14.2. The normalized spacial score (nSPS) is 25.6. The second-order valence-electron chi connectivity index (χ2n) is 10.6. The molecule has 5 heterocycles. The summed E-state index contributed by atoms with van der Waals surface area (Å²) in [5.41, 5.74) is -1.61. The van der Waals surface area contributed by atoms with Crippen LogP contribution >= 0.6 is 0 Å². The van der Waals surface area contributed by atoms with Crippen LogP contribution < -0.4 is 14.5 Å². The summed E-state index contributed by atoms with van der Waals surface area (Å²) in [4.78, 5) is 27.6. The van der Waals surface area contributed by atoms with Crippen LogP contribution in [-0.2, 0) is 17.5 Å². The summed E-state index contributed by atoms with van der Waals surface area (Å²) in [5, 5.41) is 9.96. The third kappa shape index (κ3) is 4.75. The highest BCUT2D eigenvalue weighted by atomic mass is 19.4. The number of carbonyl (C=O) groups is 1. The van der Waals surface area contributed by atoms with E-state index in [0.717, 1.165) is 42.5 Å². The molecule has 0 aliphatic carbocycles. The number of aromatic hydroxyl groups is 1. The van der Waals surface area contributed by atoms with Crippen LogP contribution in [0.3, 0.4) is 0 Å². The molecular weight excluding hydrogens is 522 g/mol. The molecule has 13 heteroatoms. The minimum absolute atomic E-state index is 0.000878. The molecule has 210 valence electrons. The fraction of sp³-hybridized carbons (Fsp3) is 0.577. The molecule has 1 amide bonds. The number of amides is 1. The molecular formula is C26H29F4N5O4. The topological polar surface area (TPSA) is 91.3 Å². The van der Waals surface area contributed by atoms with Crippen molar-refractivity contribution in [1.29, 1.82) is 0 Å². The molecule has 1 aromatic heterocycles. The molecule has 0 spiro atoms. The van der Waals surface area contributed by atoms with Gasteiger partial charge >= 0.3 is 12.2 Å². The fourth-order valence-electron chi connectivity index (χ4n) is 6.24. The number of hydrogen-bond donors (Lipinski definition) is 1. The number of benzene rings is 1. The first-order valence-electron chi connectivity index (χ1n) is 13.1. The Hall–Kier alpha value is -3.19. The van der Waals surface area contributed by atoms with E-state index in [9.17, 15) is 27.5 Å². The lowest BCUT2D eigenvalue weighted by Gasteiger charge is -2.31. The highest BCUT2D eigenvalue weighted by Gasteiger charge is 2.49. The molecule has 2 aromatic rings. The molecule has 0 unspecified atom stereocenters. The summed E-state index contributed by atoms with van der Waals surface area (Å²) in [7, 11) is 0. The summed E-state index contributed by atoms with van der Waals surface area (Å²) in [6.45, 7) is 2.97. The maximum Gasteiger partial charge on any atom is 0.418 e. The molecule has 0 bridgehead atoms. The second-order valence-corrected chi connectivity index (χ2v) is 10.6. The number of halogens is 4. The highest BCUT2D eigenvalue weighted by molar-refractivity contribution is 6.13. The summed E-state index contributed by atoms with van der Waals surface area (Å²) in [6, 6.07) is 2.61. The molecule has 0 radical (unpaired) electrons. The van der Waals surface area contributed by atoms with E-state index in [1.54, 1.807) is 0 Å². The molecule has 2 atom stereocenters. The number of alkyl halides is 4. The Kier molecular flexibility index (Phi) is 6.53. The zero-order valence-corrected chi connectivity index (χ0v) is 21.2. The van der Waals surface area contributed by atoms with E-state index >= 15 is 0 Å². The van der Waals surface area contributed by atoms with Gasteiger partial charge in [0.15, 0.2) is 0 Å². The lowest BCUT2D eigenvalue weighted by Crippen LogP contribution is -2.43. The maximum absolute atomic E-state index is 14.2. The Balaban J connectivity index is 1.36. The third-order valence-corrected chi connectivity index (χ3v) is 8.04. The van der Waals surface area contributed by atoms with E-state index in [4.69, 9.17) is 9.47 Å². The highest BCUT2D eigenvalue weighted by Crippen LogP contribution is 2.43. The van der Waals surface area contributed by atoms with Gasteiger partial charge in [-0.25, -0.2) is 4.39 Å². The minimum atomic E-state index is -4.75. The van der Waals surface area contributed by atoms with Gasteiger partial charge in [0, 0.05) is 38.7 Å². The van der Waals surface area contributed by atoms with Crippen LogP contribution in [0.15, 0.2) is 18.2 Å². The quantitative estimate of drug-likeness (QED) is 0.565. The Morgan fingerprint density at radius 3 is 2.82 bits per heavy atom. The van der Waals surface area contributed by atoms with E-state index in [-0.39, 0.29) is 36.2 Å². The van der Waals surface area contributed by atoms with Crippen molar-refractivity contribution in [3.8, 4) is 11.8 Å². The van der Waals surface area contributed by atoms with Gasteiger partial charge in [0.25, 0.3) is 5.91 Å². The summed E-state index contributed by atoms with van der Waals surface area (Å²) < 4.78 is 67.3. The van der Waals surface area contributed by atoms with Gasteiger partial charge in [-0.3, -0.25) is 9.69 Å². The summed E-state index contributed by atoms with van der Waals surface area (Å²) in [5.74, 6) is -0.813. The van der Waals surface area contributed by atoms with Crippen molar-refractivity contribution < 1.29 is 36.9 Å². The zero-order valence-electron chi connectivity index (χ0n) is 21.2. The van der Waals surface area contributed by atoms with Gasteiger partial charge < -0.3 is 24.4 Å². The van der Waals surface area contributed by atoms with Crippen LogP contribution in [0.1, 0.15) is 47.3 Å². The van der Waals surface area contributed by atoms with E-state index < -0.39 is 40.8 Å². The lowest BCUT2D eigenvalue weighted by molar-refractivity contribution is -0.137. The first-order chi connectivity index (χ1) is 18.6. The van der Waals surface area contributed by atoms with Crippen molar-refractivity contribution in [3.05, 3.63) is 35.0 Å². The lowest BCUT2D eigenvalue weighted by atomic mass is 9.95. The van der Waals surface area contributed by atoms with Crippen LogP contribution in [0.25, 0.3) is 0 Å². The Morgan fingerprint density at radius 1 is 1.15 bits per heavy atom. The predicted molar refractivity (Wildman–Crippen MR) is 132 cm³/mol. The monoisotopic (exact) mass is 551 g/mol. The molecule has 0 saturated carbocycles. The van der Waals surface area contributed by atoms with Crippen molar-refractivity contribution in [2.45, 2.75) is 50.1 Å².